The summed E-state index contributed by atoms with van der Waals surface area (Å²) in [7, 11) is -28.0. The summed E-state index contributed by atoms with van der Waals surface area (Å²) in [4.78, 5) is 97.9. The second-order valence-electron chi connectivity index (χ2n) is 23.9. The molecule has 2 aromatic heterocycles. The molecule has 8 rings (SSSR count). The van der Waals surface area contributed by atoms with Gasteiger partial charge in [-0.1, -0.05) is 36.3 Å². The zero-order valence-corrected chi connectivity index (χ0v) is 63.4. The van der Waals surface area contributed by atoms with Gasteiger partial charge in [0.25, 0.3) is 11.8 Å². The third-order valence-corrected chi connectivity index (χ3v) is 22.2. The van der Waals surface area contributed by atoms with Gasteiger partial charge >= 0.3 is 35.1 Å². The van der Waals surface area contributed by atoms with Crippen LogP contribution in [-0.2, 0) is 80.8 Å². The van der Waals surface area contributed by atoms with Crippen LogP contribution in [0.2, 0.25) is 0 Å². The number of ether oxygens (including phenoxy) is 2. The van der Waals surface area contributed by atoms with Crippen molar-refractivity contribution in [2.24, 2.45) is 0 Å². The summed E-state index contributed by atoms with van der Waals surface area (Å²) in [5.41, 5.74) is 6.26. The van der Waals surface area contributed by atoms with Crippen molar-refractivity contribution in [3.05, 3.63) is 123 Å². The summed E-state index contributed by atoms with van der Waals surface area (Å²) < 4.78 is 140. The van der Waals surface area contributed by atoms with Crippen LogP contribution in [0.5, 0.6) is 5.75 Å². The summed E-state index contributed by atoms with van der Waals surface area (Å²) in [6, 6.07) is 16.1. The Bertz CT molecular complexity index is 4630. The Labute approximate surface area is 614 Å². The number of carbonyl (C=O) groups is 3. The molecule has 2 aliphatic heterocycles. The molecule has 3 aromatic carbocycles. The SMILES string of the molecule is CC[NH+](CC)CC.CC[NH+](CC)CC.N=c1ccc2c(-c3ccc(C(=O)NCCCCCCn4cc(CCNC(=O)COc5ccc(CCCONc6ccn([C@@H]7O[C@H](COP(=O)(O)OP(=O)(O)OP(=O)(O)O)[C@@H](O)[C@H]7O)c(=O)n6)cc5)nn4)cc3C(=O)O)c3ccc(N)c(S(=O)(=O)[O-])c3oc-2c1S(=O)(=O)[O-]. The maximum absolute atomic E-state index is 13.3. The molecule has 2 amide bonds. The standard InChI is InChI=1S/C51H59N10O27P3S2.2C6H15N/c52-36-15-13-33-41(34-14-16-37(53)47(93(79,80)81)45(34)86-44(33)46(36)92(76,77)78)32-12-9-29(24-35(32)50(66)67)48(65)55-19-3-1-2-4-21-60-25-30(57-59-60)17-20-54-40(62)27-82-31-10-7-28(8-11-31)6-5-23-83-58-39-18-22-61(51(68)56-39)49-43(64)42(63)38(85-49)26-84-90(72,73)88-91(74,75)87-89(69,70)71;2*1-4-7(5-2)6-3/h7-16,18,22,24-25,38,42-43,49,52,63-64H,1-6,17,19-21,23,26-27,53H2,(H,54,62)(H,55,65)(H,66,67)(H,72,73)(H,74,75)(H,56,58,68)(H2,69,70,71)(H,76,77,78)(H,79,80,81);2*4-6H2,1-3H3/t38-,42-,43-,49-;;/m1../s1. The number of aliphatic hydroxyl groups is 2. The minimum absolute atomic E-state index is 0.0468. The number of nitrogen functional groups attached to an aromatic ring is 1. The van der Waals surface area contributed by atoms with Crippen molar-refractivity contribution in [2.75, 3.05) is 83.4 Å². The van der Waals surface area contributed by atoms with Crippen LogP contribution < -0.4 is 47.4 Å². The number of nitrogens with zero attached hydrogens (tertiary/aromatic N) is 5. The first-order chi connectivity index (χ1) is 50.4. The summed E-state index contributed by atoms with van der Waals surface area (Å²) in [6.45, 7) is 20.8. The molecule has 0 radical (unpaired) electrons. The number of aryl methyl sites for hydroxylation is 2. The van der Waals surface area contributed by atoms with Crippen molar-refractivity contribution in [2.45, 2.75) is 127 Å². The summed E-state index contributed by atoms with van der Waals surface area (Å²) in [6.07, 6.45) is 0.0905. The monoisotopic (exact) mass is 1600 g/mol. The van der Waals surface area contributed by atoms with Crippen LogP contribution in [0.1, 0.15) is 112 Å². The third kappa shape index (κ3) is 26.2. The number of amides is 2. The van der Waals surface area contributed by atoms with Gasteiger partial charge in [0.05, 0.1) is 74.8 Å². The number of aromatic carboxylic acids is 1. The molecule has 5 aromatic rings. The lowest BCUT2D eigenvalue weighted by atomic mass is 9.89. The number of benzene rings is 4. The van der Waals surface area contributed by atoms with Crippen molar-refractivity contribution < 1.29 is 131 Å². The number of phosphoric ester groups is 1. The average Bonchev–Trinajstić information content (AvgIpc) is 1.43. The maximum atomic E-state index is 13.3. The van der Waals surface area contributed by atoms with E-state index in [4.69, 9.17) is 39.7 Å². The van der Waals surface area contributed by atoms with Gasteiger partial charge in [0.1, 0.15) is 54.1 Å². The first-order valence-electron chi connectivity index (χ1n) is 33.6. The molecule has 590 valence electrons. The highest BCUT2D eigenvalue weighted by molar-refractivity contribution is 7.86. The molecule has 4 heterocycles. The van der Waals surface area contributed by atoms with E-state index in [1.807, 2.05) is 0 Å². The van der Waals surface area contributed by atoms with Gasteiger partial charge in [-0.2, -0.15) is 13.6 Å². The summed E-state index contributed by atoms with van der Waals surface area (Å²) in [5.74, 6) is -3.01. The van der Waals surface area contributed by atoms with Crippen LogP contribution in [0, 0.1) is 5.41 Å². The fraction of sp³-hybridized carbons (Fsp3) is 0.460. The molecule has 2 unspecified atom stereocenters. The quantitative estimate of drug-likeness (QED) is 0.00650. The van der Waals surface area contributed by atoms with E-state index in [1.54, 1.807) is 44.9 Å². The fourth-order valence-corrected chi connectivity index (χ4v) is 15.4. The Morgan fingerprint density at radius 3 is 1.98 bits per heavy atom. The molecule has 107 heavy (non-hydrogen) atoms. The number of carboxylic acid groups (broad SMARTS) is 1. The number of nitrogens with one attached hydrogen (secondary N) is 6. The number of rotatable bonds is 38. The zero-order valence-electron chi connectivity index (χ0n) is 59.1. The third-order valence-electron chi connectivity index (χ3n) is 16.6. The topological polar surface area (TPSA) is 587 Å². The van der Waals surface area contributed by atoms with Gasteiger partial charge in [-0.15, -0.1) is 5.10 Å². The van der Waals surface area contributed by atoms with Crippen LogP contribution in [0.4, 0.5) is 11.5 Å². The van der Waals surface area contributed by atoms with Gasteiger partial charge in [-0.25, -0.2) is 45.6 Å². The Morgan fingerprint density at radius 2 is 1.38 bits per heavy atom. The molecule has 39 nitrogen and oxygen atoms in total. The molecule has 44 heteroatoms. The van der Waals surface area contributed by atoms with Gasteiger partial charge in [0, 0.05) is 60.5 Å². The lowest BCUT2D eigenvalue weighted by molar-refractivity contribution is -0.894. The Kier molecular flexibility index (Phi) is 32.9. The second kappa shape index (κ2) is 40.0. The normalized spacial score (nSPS) is 16.5. The van der Waals surface area contributed by atoms with Gasteiger partial charge in [0.2, 0.25) is 0 Å². The summed E-state index contributed by atoms with van der Waals surface area (Å²) >= 11 is 0. The smallest absolute Gasteiger partial charge is 0.490 e. The number of fused-ring (bicyclic) bond motifs is 2. The number of quaternary nitrogens is 2. The highest BCUT2D eigenvalue weighted by atomic mass is 32.2. The van der Waals surface area contributed by atoms with Crippen LogP contribution in [0.25, 0.3) is 33.4 Å². The zero-order chi connectivity index (χ0) is 79.2. The highest BCUT2D eigenvalue weighted by Gasteiger charge is 2.47. The van der Waals surface area contributed by atoms with Crippen molar-refractivity contribution in [1.29, 1.82) is 5.41 Å². The summed E-state index contributed by atoms with van der Waals surface area (Å²) in [5, 5.41) is 52.1. The number of aliphatic hydroxyl groups excluding tert-OH is 2. The molecule has 1 fully saturated rings. The number of hydrogen-bond donors (Lipinski definition) is 14. The van der Waals surface area contributed by atoms with Crippen LogP contribution in [-0.4, -0.2) is 194 Å². The Hall–Kier alpha value is -7.83. The number of carbonyl (C=O) groups excluding carboxylic acids is 2. The van der Waals surface area contributed by atoms with Crippen molar-refractivity contribution in [3.63, 3.8) is 0 Å². The number of anilines is 2. The molecule has 6 atom stereocenters. The average molecular weight is 1600 g/mol. The van der Waals surface area contributed by atoms with Gasteiger partial charge in [0.15, 0.2) is 30.0 Å². The first-order valence-corrected chi connectivity index (χ1v) is 41.0. The van der Waals surface area contributed by atoms with Crippen molar-refractivity contribution >= 4 is 84.0 Å². The predicted octanol–water partition coefficient (Wildman–Crippen LogP) is 1.45. The molecular formula is C63H89N12O27P3S2. The van der Waals surface area contributed by atoms with Gasteiger partial charge in [-0.05, 0) is 133 Å². The molecule has 15 N–H and O–H groups in total. The van der Waals surface area contributed by atoms with Crippen LogP contribution in [0.15, 0.2) is 104 Å². The number of unbranched alkanes of at least 4 members (excludes halogenated alkanes) is 3. The van der Waals surface area contributed by atoms with Gasteiger partial charge in [-0.3, -0.25) is 33.6 Å². The van der Waals surface area contributed by atoms with Crippen molar-refractivity contribution in [3.8, 4) is 28.2 Å². The molecule has 1 aliphatic carbocycles. The lowest BCUT2D eigenvalue weighted by Crippen LogP contribution is -3.11. The van der Waals surface area contributed by atoms with Crippen molar-refractivity contribution in [1.82, 2.24) is 35.2 Å². The fourth-order valence-electron chi connectivity index (χ4n) is 11.0. The van der Waals surface area contributed by atoms with E-state index in [-0.39, 0.29) is 65.7 Å². The second-order valence-corrected chi connectivity index (χ2v) is 31.0. The van der Waals surface area contributed by atoms with E-state index in [0.717, 1.165) is 47.0 Å². The molecule has 0 bridgehead atoms. The Morgan fingerprint density at radius 1 is 0.748 bits per heavy atom. The predicted molar refractivity (Wildman–Crippen MR) is 378 cm³/mol. The molecule has 3 aliphatic rings. The Balaban J connectivity index is 0.00000116. The number of nitrogens with two attached hydrogens (primary N) is 1. The first kappa shape index (κ1) is 88.1. The lowest BCUT2D eigenvalue weighted by Gasteiger charge is -2.22. The van der Waals surface area contributed by atoms with Crippen LogP contribution >= 0.6 is 23.5 Å². The highest BCUT2D eigenvalue weighted by Crippen LogP contribution is 2.66. The van der Waals surface area contributed by atoms with E-state index in [2.05, 4.69) is 86.1 Å². The maximum Gasteiger partial charge on any atom is 0.490 e. The largest absolute Gasteiger partial charge is 0.744 e. The molecule has 0 saturated carbocycles. The van der Waals surface area contributed by atoms with E-state index in [0.29, 0.717) is 56.5 Å². The number of phosphoric acid groups is 3. The van der Waals surface area contributed by atoms with E-state index < -0.39 is 130 Å². The van der Waals surface area contributed by atoms with Crippen LogP contribution in [0.3, 0.4) is 0 Å². The minimum Gasteiger partial charge on any atom is -0.744 e. The molecule has 1 saturated heterocycles. The molecule has 0 spiro atoms. The van der Waals surface area contributed by atoms with E-state index >= 15 is 0 Å². The number of aromatic nitrogens is 5. The number of carboxylic acids is 1. The van der Waals surface area contributed by atoms with E-state index in [1.165, 1.54) is 63.5 Å². The van der Waals surface area contributed by atoms with E-state index in [9.17, 15) is 83.9 Å². The number of hydrogen-bond acceptors (Lipinski definition) is 28. The van der Waals surface area contributed by atoms with Gasteiger partial charge < -0.3 is 84.1 Å². The molecular weight excluding hydrogens is 1510 g/mol. The minimum atomic E-state index is -5.82.